The lowest BCUT2D eigenvalue weighted by Gasteiger charge is -2.38. The molecule has 144 valence electrons. The van der Waals surface area contributed by atoms with E-state index in [-0.39, 0.29) is 0 Å². The van der Waals surface area contributed by atoms with Crippen LogP contribution >= 0.6 is 0 Å². The molecule has 0 bridgehead atoms. The highest BCUT2D eigenvalue weighted by atomic mass is 19.1. The largest absolute Gasteiger partial charge is 0.494 e. The standard InChI is InChI=1S/C19H29BFNO4/c1-12(22(16(23)24)17(2,3)4)14-10-9-13(11-15(14)21)20-25-18(5,6)19(7,8)26-20/h9-12H,1-8H3,(H,23,24)/t12-/m1/s1. The van der Waals surface area contributed by atoms with Gasteiger partial charge in [0.25, 0.3) is 0 Å². The first kappa shape index (κ1) is 20.7. The summed E-state index contributed by atoms with van der Waals surface area (Å²) in [6, 6.07) is 4.10. The molecule has 1 aliphatic rings. The molecule has 1 aliphatic heterocycles. The molecule has 26 heavy (non-hydrogen) atoms. The Morgan fingerprint density at radius 1 is 1.19 bits per heavy atom. The number of halogens is 1. The Bertz CT molecular complexity index is 683. The van der Waals surface area contributed by atoms with E-state index in [1.165, 1.54) is 11.0 Å². The average molecular weight is 365 g/mol. The van der Waals surface area contributed by atoms with Crippen LogP contribution in [-0.4, -0.2) is 40.0 Å². The summed E-state index contributed by atoms with van der Waals surface area (Å²) in [7, 11) is -0.656. The summed E-state index contributed by atoms with van der Waals surface area (Å²) in [5, 5.41) is 9.54. The van der Waals surface area contributed by atoms with Crippen molar-refractivity contribution in [2.45, 2.75) is 78.2 Å². The van der Waals surface area contributed by atoms with Gasteiger partial charge in [0, 0.05) is 11.1 Å². The molecule has 0 aliphatic carbocycles. The third kappa shape index (κ3) is 3.74. The molecule has 0 spiro atoms. The van der Waals surface area contributed by atoms with Crippen molar-refractivity contribution in [1.29, 1.82) is 0 Å². The van der Waals surface area contributed by atoms with E-state index in [9.17, 15) is 14.3 Å². The Hall–Kier alpha value is -1.60. The van der Waals surface area contributed by atoms with Crippen LogP contribution in [0.2, 0.25) is 0 Å². The van der Waals surface area contributed by atoms with Crippen molar-refractivity contribution in [3.63, 3.8) is 0 Å². The van der Waals surface area contributed by atoms with Gasteiger partial charge in [-0.25, -0.2) is 9.18 Å². The summed E-state index contributed by atoms with van der Waals surface area (Å²) in [5.74, 6) is -0.472. The van der Waals surface area contributed by atoms with Crippen LogP contribution in [0.1, 0.15) is 67.0 Å². The van der Waals surface area contributed by atoms with Crippen LogP contribution in [0.25, 0.3) is 0 Å². The van der Waals surface area contributed by atoms with Gasteiger partial charge in [-0.3, -0.25) is 4.90 Å². The maximum Gasteiger partial charge on any atom is 0.494 e. The lowest BCUT2D eigenvalue weighted by molar-refractivity contribution is 0.00578. The molecule has 0 radical (unpaired) electrons. The fraction of sp³-hybridized carbons (Fsp3) is 0.632. The van der Waals surface area contributed by atoms with Crippen LogP contribution in [0.3, 0.4) is 0 Å². The molecular weight excluding hydrogens is 336 g/mol. The van der Waals surface area contributed by atoms with Crippen LogP contribution in [0.15, 0.2) is 18.2 Å². The Kier molecular flexibility index (Phi) is 5.21. The molecular formula is C19H29BFNO4. The zero-order valence-electron chi connectivity index (χ0n) is 16.9. The molecule has 1 aromatic carbocycles. The lowest BCUT2D eigenvalue weighted by atomic mass is 9.78. The number of carbonyl (C=O) groups is 1. The Labute approximate surface area is 155 Å². The number of amides is 1. The Balaban J connectivity index is 2.32. The van der Waals surface area contributed by atoms with E-state index < -0.39 is 41.8 Å². The summed E-state index contributed by atoms with van der Waals surface area (Å²) in [4.78, 5) is 12.9. The van der Waals surface area contributed by atoms with Crippen molar-refractivity contribution < 1.29 is 23.6 Å². The summed E-state index contributed by atoms with van der Waals surface area (Å²) in [6.07, 6.45) is -1.08. The van der Waals surface area contributed by atoms with Crippen LogP contribution in [0.5, 0.6) is 0 Å². The van der Waals surface area contributed by atoms with Crippen molar-refractivity contribution >= 4 is 18.7 Å². The van der Waals surface area contributed by atoms with Crippen LogP contribution in [0, 0.1) is 5.82 Å². The highest BCUT2D eigenvalue weighted by Crippen LogP contribution is 2.37. The van der Waals surface area contributed by atoms with Gasteiger partial charge >= 0.3 is 13.2 Å². The number of carboxylic acid groups (broad SMARTS) is 1. The van der Waals surface area contributed by atoms with Crippen LogP contribution in [0.4, 0.5) is 9.18 Å². The predicted molar refractivity (Wildman–Crippen MR) is 100 cm³/mol. The highest BCUT2D eigenvalue weighted by molar-refractivity contribution is 6.62. The van der Waals surface area contributed by atoms with Crippen molar-refractivity contribution in [2.75, 3.05) is 0 Å². The topological polar surface area (TPSA) is 59.0 Å². The van der Waals surface area contributed by atoms with Crippen LogP contribution in [-0.2, 0) is 9.31 Å². The summed E-state index contributed by atoms with van der Waals surface area (Å²) in [6.45, 7) is 14.8. The SMILES string of the molecule is C[C@H](c1ccc(B2OC(C)(C)C(C)(C)O2)cc1F)N(C(=O)O)C(C)(C)C. The Morgan fingerprint density at radius 3 is 2.08 bits per heavy atom. The molecule has 1 amide bonds. The average Bonchev–Trinajstić information content (AvgIpc) is 2.65. The van der Waals surface area contributed by atoms with E-state index in [0.717, 1.165) is 0 Å². The fourth-order valence-corrected chi connectivity index (χ4v) is 3.18. The van der Waals surface area contributed by atoms with Gasteiger partial charge in [-0.1, -0.05) is 12.1 Å². The predicted octanol–water partition coefficient (Wildman–Crippen LogP) is 3.96. The van der Waals surface area contributed by atoms with Gasteiger partial charge in [-0.15, -0.1) is 0 Å². The molecule has 2 rings (SSSR count). The summed E-state index contributed by atoms with van der Waals surface area (Å²) >= 11 is 0. The van der Waals surface area contributed by atoms with Gasteiger partial charge in [-0.05, 0) is 66.9 Å². The molecule has 1 heterocycles. The molecule has 1 atom stereocenters. The monoisotopic (exact) mass is 365 g/mol. The minimum Gasteiger partial charge on any atom is -0.465 e. The van der Waals surface area contributed by atoms with Gasteiger partial charge in [-0.2, -0.15) is 0 Å². The second-order valence-electron chi connectivity index (χ2n) is 8.87. The quantitative estimate of drug-likeness (QED) is 0.824. The minimum atomic E-state index is -1.08. The number of rotatable bonds is 3. The highest BCUT2D eigenvalue weighted by Gasteiger charge is 2.51. The van der Waals surface area contributed by atoms with Crippen LogP contribution < -0.4 is 5.46 Å². The maximum absolute atomic E-state index is 14.8. The zero-order chi connectivity index (χ0) is 20.1. The molecule has 1 saturated heterocycles. The van der Waals surface area contributed by atoms with E-state index in [4.69, 9.17) is 9.31 Å². The van der Waals surface area contributed by atoms with E-state index >= 15 is 0 Å². The lowest BCUT2D eigenvalue weighted by Crippen LogP contribution is -2.46. The first-order chi connectivity index (χ1) is 11.7. The number of nitrogens with zero attached hydrogens (tertiary/aromatic N) is 1. The second kappa shape index (κ2) is 6.53. The van der Waals surface area contributed by atoms with Gasteiger partial charge < -0.3 is 14.4 Å². The molecule has 7 heteroatoms. The molecule has 0 aromatic heterocycles. The third-order valence-electron chi connectivity index (χ3n) is 5.32. The Morgan fingerprint density at radius 2 is 1.69 bits per heavy atom. The van der Waals surface area contributed by atoms with Crippen molar-refractivity contribution in [3.8, 4) is 0 Å². The summed E-state index contributed by atoms with van der Waals surface area (Å²) < 4.78 is 26.7. The maximum atomic E-state index is 14.8. The first-order valence-electron chi connectivity index (χ1n) is 8.84. The smallest absolute Gasteiger partial charge is 0.465 e. The van der Waals surface area contributed by atoms with Crippen molar-refractivity contribution in [3.05, 3.63) is 29.6 Å². The number of hydrogen-bond acceptors (Lipinski definition) is 3. The molecule has 1 N–H and O–H groups in total. The molecule has 5 nitrogen and oxygen atoms in total. The zero-order valence-corrected chi connectivity index (χ0v) is 16.9. The van der Waals surface area contributed by atoms with E-state index in [1.807, 2.05) is 27.7 Å². The molecule has 0 unspecified atom stereocenters. The van der Waals surface area contributed by atoms with Crippen molar-refractivity contribution in [1.82, 2.24) is 4.90 Å². The van der Waals surface area contributed by atoms with Gasteiger partial charge in [0.2, 0.25) is 0 Å². The number of benzene rings is 1. The third-order valence-corrected chi connectivity index (χ3v) is 5.32. The molecule has 1 fully saturated rings. The fourth-order valence-electron chi connectivity index (χ4n) is 3.18. The van der Waals surface area contributed by atoms with E-state index in [0.29, 0.717) is 11.0 Å². The molecule has 0 saturated carbocycles. The minimum absolute atomic E-state index is 0.322. The van der Waals surface area contributed by atoms with Crippen molar-refractivity contribution in [2.24, 2.45) is 0 Å². The van der Waals surface area contributed by atoms with Gasteiger partial charge in [0.1, 0.15) is 5.82 Å². The molecule has 1 aromatic rings. The first-order valence-corrected chi connectivity index (χ1v) is 8.84. The van der Waals surface area contributed by atoms with E-state index in [1.54, 1.807) is 39.8 Å². The second-order valence-corrected chi connectivity index (χ2v) is 8.87. The van der Waals surface area contributed by atoms with Gasteiger partial charge in [0.05, 0.1) is 17.2 Å². The normalized spacial score (nSPS) is 20.1. The number of hydrogen-bond donors (Lipinski definition) is 1. The van der Waals surface area contributed by atoms with E-state index in [2.05, 4.69) is 0 Å². The summed E-state index contributed by atoms with van der Waals surface area (Å²) in [5.41, 5.74) is -0.765. The van der Waals surface area contributed by atoms with Gasteiger partial charge in [0.15, 0.2) is 0 Å².